The molecule has 0 aliphatic rings. The van der Waals surface area contributed by atoms with Gasteiger partial charge in [0, 0.05) is 0 Å². The van der Waals surface area contributed by atoms with Crippen LogP contribution in [0.3, 0.4) is 0 Å². The predicted octanol–water partition coefficient (Wildman–Crippen LogP) is 2.17. The van der Waals surface area contributed by atoms with Crippen LogP contribution in [0.25, 0.3) is 0 Å². The maximum atomic E-state index is 13.4. The molecular weight excluding hydrogens is 197 g/mol. The van der Waals surface area contributed by atoms with Gasteiger partial charge in [0.25, 0.3) is 0 Å². The number of aliphatic hydroxyl groups excluding tert-OH is 1. The molecule has 0 amide bonds. The van der Waals surface area contributed by atoms with Crippen LogP contribution in [-0.4, -0.2) is 11.2 Å². The molecule has 2 atom stereocenters. The Bertz CT molecular complexity index is 385. The van der Waals surface area contributed by atoms with Crippen molar-refractivity contribution in [1.29, 1.82) is 5.26 Å². The number of aliphatic hydroxyl groups is 1. The Balaban J connectivity index is 2.89. The van der Waals surface area contributed by atoms with E-state index in [9.17, 15) is 9.50 Å². The predicted molar refractivity (Wildman–Crippen MR) is 52.7 cm³/mol. The van der Waals surface area contributed by atoms with Gasteiger partial charge in [-0.25, -0.2) is 4.39 Å². The minimum Gasteiger partial charge on any atom is -0.473 e. The summed E-state index contributed by atoms with van der Waals surface area (Å²) in [6.45, 7) is 3.08. The normalized spacial score (nSPS) is 14.1. The summed E-state index contributed by atoms with van der Waals surface area (Å²) in [4.78, 5) is 0. The summed E-state index contributed by atoms with van der Waals surface area (Å²) in [5.74, 6) is -0.552. The molecule has 0 bridgehead atoms. The maximum absolute atomic E-state index is 13.4. The summed E-state index contributed by atoms with van der Waals surface area (Å²) in [7, 11) is 0. The van der Waals surface area contributed by atoms with Crippen LogP contribution < -0.4 is 4.74 Å². The zero-order valence-electron chi connectivity index (χ0n) is 8.57. The fourth-order valence-corrected chi connectivity index (χ4v) is 1.09. The molecular formula is C11H12FNO2. The Kier molecular flexibility index (Phi) is 3.64. The second-order valence-electron chi connectivity index (χ2n) is 3.26. The van der Waals surface area contributed by atoms with E-state index in [1.807, 2.05) is 6.07 Å². The van der Waals surface area contributed by atoms with Gasteiger partial charge in [0.2, 0.25) is 0 Å². The van der Waals surface area contributed by atoms with Crippen LogP contribution in [0.1, 0.15) is 25.5 Å². The first-order valence-corrected chi connectivity index (χ1v) is 4.58. The summed E-state index contributed by atoms with van der Waals surface area (Å²) in [5, 5.41) is 17.7. The van der Waals surface area contributed by atoms with Gasteiger partial charge in [-0.2, -0.15) is 5.26 Å². The van der Waals surface area contributed by atoms with Crippen LogP contribution in [-0.2, 0) is 0 Å². The Morgan fingerprint density at radius 1 is 1.47 bits per heavy atom. The molecule has 1 aromatic carbocycles. The Morgan fingerprint density at radius 2 is 2.13 bits per heavy atom. The number of ether oxygens (including phenoxy) is 1. The first-order chi connectivity index (χ1) is 7.04. The van der Waals surface area contributed by atoms with Gasteiger partial charge in [-0.15, -0.1) is 0 Å². The third kappa shape index (κ3) is 2.93. The Hall–Kier alpha value is -1.60. The lowest BCUT2D eigenvalue weighted by molar-refractivity contribution is 0.198. The molecule has 0 spiro atoms. The molecule has 80 valence electrons. The molecule has 0 fully saturated rings. The minimum absolute atomic E-state index is 0.0217. The second-order valence-corrected chi connectivity index (χ2v) is 3.26. The number of rotatable bonds is 3. The second kappa shape index (κ2) is 4.76. The zero-order valence-corrected chi connectivity index (χ0v) is 8.57. The van der Waals surface area contributed by atoms with Crippen molar-refractivity contribution in [3.8, 4) is 11.8 Å². The van der Waals surface area contributed by atoms with Gasteiger partial charge >= 0.3 is 0 Å². The van der Waals surface area contributed by atoms with E-state index in [2.05, 4.69) is 0 Å². The monoisotopic (exact) mass is 209 g/mol. The summed E-state index contributed by atoms with van der Waals surface area (Å²) in [6.07, 6.45) is -1.42. The van der Waals surface area contributed by atoms with Crippen LogP contribution >= 0.6 is 0 Å². The first-order valence-electron chi connectivity index (χ1n) is 4.58. The number of nitriles is 1. The van der Waals surface area contributed by atoms with Crippen LogP contribution in [0.2, 0.25) is 0 Å². The molecule has 0 aliphatic carbocycles. The highest BCUT2D eigenvalue weighted by Crippen LogP contribution is 2.22. The lowest BCUT2D eigenvalue weighted by Crippen LogP contribution is -2.09. The van der Waals surface area contributed by atoms with Crippen molar-refractivity contribution in [2.24, 2.45) is 0 Å². The van der Waals surface area contributed by atoms with Gasteiger partial charge in [-0.1, -0.05) is 6.07 Å². The molecule has 1 aromatic rings. The van der Waals surface area contributed by atoms with Crippen molar-refractivity contribution in [2.45, 2.75) is 26.1 Å². The largest absolute Gasteiger partial charge is 0.473 e. The number of halogens is 1. The molecule has 1 N–H and O–H groups in total. The molecule has 0 heterocycles. The molecule has 0 aromatic heterocycles. The van der Waals surface area contributed by atoms with Crippen molar-refractivity contribution < 1.29 is 14.2 Å². The summed E-state index contributed by atoms with van der Waals surface area (Å²) >= 11 is 0. The van der Waals surface area contributed by atoms with Crippen LogP contribution in [0.4, 0.5) is 4.39 Å². The van der Waals surface area contributed by atoms with Crippen molar-refractivity contribution in [1.82, 2.24) is 0 Å². The fraction of sp³-hybridized carbons (Fsp3) is 0.364. The van der Waals surface area contributed by atoms with E-state index < -0.39 is 18.0 Å². The van der Waals surface area contributed by atoms with E-state index in [0.717, 1.165) is 0 Å². The Morgan fingerprint density at radius 3 is 2.60 bits per heavy atom. The van der Waals surface area contributed by atoms with Gasteiger partial charge in [0.15, 0.2) is 17.7 Å². The number of nitrogens with zero attached hydrogens (tertiary/aromatic N) is 1. The summed E-state index contributed by atoms with van der Waals surface area (Å²) < 4.78 is 18.4. The van der Waals surface area contributed by atoms with Gasteiger partial charge in [0.05, 0.1) is 6.10 Å². The molecule has 3 nitrogen and oxygen atoms in total. The number of benzene rings is 1. The van der Waals surface area contributed by atoms with Gasteiger partial charge in [-0.3, -0.25) is 0 Å². The average Bonchev–Trinajstić information content (AvgIpc) is 2.20. The van der Waals surface area contributed by atoms with Crippen molar-refractivity contribution in [3.05, 3.63) is 29.6 Å². The SMILES string of the molecule is CC(C#N)Oc1ccc([C@H](C)O)cc1F. The van der Waals surface area contributed by atoms with Crippen LogP contribution in [0.15, 0.2) is 18.2 Å². The van der Waals surface area contributed by atoms with Gasteiger partial charge in [0.1, 0.15) is 6.07 Å². The van der Waals surface area contributed by atoms with Crippen molar-refractivity contribution in [2.75, 3.05) is 0 Å². The van der Waals surface area contributed by atoms with Crippen LogP contribution in [0, 0.1) is 17.1 Å². The van der Waals surface area contributed by atoms with E-state index in [4.69, 9.17) is 10.00 Å². The molecule has 15 heavy (non-hydrogen) atoms. The summed E-state index contributed by atoms with van der Waals surface area (Å²) in [6, 6.07) is 6.01. The van der Waals surface area contributed by atoms with E-state index in [1.54, 1.807) is 13.0 Å². The van der Waals surface area contributed by atoms with Gasteiger partial charge in [-0.05, 0) is 31.5 Å². The molecule has 0 aliphatic heterocycles. The van der Waals surface area contributed by atoms with Crippen molar-refractivity contribution in [3.63, 3.8) is 0 Å². The average molecular weight is 209 g/mol. The number of hydrogen-bond donors (Lipinski definition) is 1. The molecule has 1 rings (SSSR count). The van der Waals surface area contributed by atoms with E-state index >= 15 is 0 Å². The first kappa shape index (κ1) is 11.5. The lowest BCUT2D eigenvalue weighted by Gasteiger charge is -2.10. The molecule has 4 heteroatoms. The highest BCUT2D eigenvalue weighted by molar-refractivity contribution is 5.30. The van der Waals surface area contributed by atoms with E-state index in [-0.39, 0.29) is 5.75 Å². The smallest absolute Gasteiger partial charge is 0.181 e. The third-order valence-corrected chi connectivity index (χ3v) is 1.92. The fourth-order valence-electron chi connectivity index (χ4n) is 1.09. The molecule has 0 saturated carbocycles. The van der Waals surface area contributed by atoms with Crippen LogP contribution in [0.5, 0.6) is 5.75 Å². The summed E-state index contributed by atoms with van der Waals surface area (Å²) in [5.41, 5.74) is 0.476. The lowest BCUT2D eigenvalue weighted by atomic mass is 10.1. The third-order valence-electron chi connectivity index (χ3n) is 1.92. The molecule has 0 radical (unpaired) electrons. The number of hydrogen-bond acceptors (Lipinski definition) is 3. The minimum atomic E-state index is -0.720. The standard InChI is InChI=1S/C11H12FNO2/c1-7(6-13)15-11-4-3-9(8(2)14)5-10(11)12/h3-5,7-8,14H,1-2H3/t7?,8-/m0/s1. The van der Waals surface area contributed by atoms with Crippen molar-refractivity contribution >= 4 is 0 Å². The Labute approximate surface area is 87.7 Å². The topological polar surface area (TPSA) is 53.2 Å². The quantitative estimate of drug-likeness (QED) is 0.830. The highest BCUT2D eigenvalue weighted by atomic mass is 19.1. The van der Waals surface area contributed by atoms with E-state index in [1.165, 1.54) is 19.1 Å². The zero-order chi connectivity index (χ0) is 11.4. The van der Waals surface area contributed by atoms with E-state index in [0.29, 0.717) is 5.56 Å². The van der Waals surface area contributed by atoms with Gasteiger partial charge < -0.3 is 9.84 Å². The highest BCUT2D eigenvalue weighted by Gasteiger charge is 2.10. The molecule has 0 saturated heterocycles. The molecule has 1 unspecified atom stereocenters. The maximum Gasteiger partial charge on any atom is 0.181 e.